The smallest absolute Gasteiger partial charge is 0.222 e. The van der Waals surface area contributed by atoms with E-state index in [4.69, 9.17) is 4.74 Å². The first-order chi connectivity index (χ1) is 4.79. The van der Waals surface area contributed by atoms with Gasteiger partial charge >= 0.3 is 0 Å². The van der Waals surface area contributed by atoms with Crippen LogP contribution in [0.15, 0.2) is 30.3 Å². The van der Waals surface area contributed by atoms with Crippen LogP contribution in [0.25, 0.3) is 0 Å². The second kappa shape index (κ2) is 6.59. The summed E-state index contributed by atoms with van der Waals surface area (Å²) in [6.45, 7) is 0. The van der Waals surface area contributed by atoms with Gasteiger partial charge in [0, 0.05) is 51.4 Å². The molecule has 0 fully saturated rings. The third-order valence-electron chi connectivity index (χ3n) is 0.948. The van der Waals surface area contributed by atoms with Crippen LogP contribution in [0.3, 0.4) is 0 Å². The number of hydrogen-bond donors (Lipinski definition) is 1. The Balaban J connectivity index is 0.000001000. The van der Waals surface area contributed by atoms with E-state index in [-0.39, 0.29) is 55.8 Å². The van der Waals surface area contributed by atoms with E-state index in [9.17, 15) is 0 Å². The van der Waals surface area contributed by atoms with Crippen molar-refractivity contribution in [3.63, 3.8) is 0 Å². The van der Waals surface area contributed by atoms with Crippen molar-refractivity contribution in [3.8, 4) is 5.75 Å². The van der Waals surface area contributed by atoms with E-state index < -0.39 is 0 Å². The molecule has 0 aliphatic rings. The normalized spacial score (nSPS) is 8.09. The molecule has 0 spiro atoms. The molecule has 1 nitrogen and oxygen atoms in total. The predicted molar refractivity (Wildman–Crippen MR) is 54.4 cm³/mol. The van der Waals surface area contributed by atoms with Crippen LogP contribution in [-0.4, -0.2) is 55.8 Å². The summed E-state index contributed by atoms with van der Waals surface area (Å²) in [7, 11) is 0. The van der Waals surface area contributed by atoms with Gasteiger partial charge in [-0.25, -0.2) is 0 Å². The number of ether oxygens (including phenoxy) is 1. The maximum Gasteiger partial charge on any atom is 0.222 e. The van der Waals surface area contributed by atoms with Crippen molar-refractivity contribution < 1.29 is 4.74 Å². The fourth-order valence-corrected chi connectivity index (χ4v) is 0.791. The molecule has 4 heteroatoms. The van der Waals surface area contributed by atoms with Gasteiger partial charge in [0.25, 0.3) is 0 Å². The molecule has 53 valence electrons. The number of thiocarbonyl (C=S) groups is 1. The molecule has 0 saturated heterocycles. The van der Waals surface area contributed by atoms with Crippen molar-refractivity contribution >= 4 is 80.6 Å². The Morgan fingerprint density at radius 2 is 1.82 bits per heavy atom. The zero-order valence-electron chi connectivity index (χ0n) is 6.15. The van der Waals surface area contributed by atoms with Gasteiger partial charge in [-0.3, -0.25) is 0 Å². The van der Waals surface area contributed by atoms with Gasteiger partial charge in [-0.2, -0.15) is 0 Å². The van der Waals surface area contributed by atoms with Crippen LogP contribution in [0.2, 0.25) is 0 Å². The Hall–Kier alpha value is 1.10. The molecular formula is C7H6KOS2. The molecular weight excluding hydrogens is 203 g/mol. The molecule has 0 N–H and O–H groups in total. The van der Waals surface area contributed by atoms with Gasteiger partial charge in [0.1, 0.15) is 5.75 Å². The Morgan fingerprint density at radius 1 is 1.27 bits per heavy atom. The first kappa shape index (κ1) is 12.1. The van der Waals surface area contributed by atoms with E-state index in [0.717, 1.165) is 5.75 Å². The number of benzene rings is 1. The van der Waals surface area contributed by atoms with Crippen molar-refractivity contribution in [1.29, 1.82) is 0 Å². The topological polar surface area (TPSA) is 9.23 Å². The standard InChI is InChI=1S/C7H6OS2.K/c9-7(10)8-6-4-2-1-3-5-6;/h1-5H,(H,9,10);. The van der Waals surface area contributed by atoms with Gasteiger partial charge in [-0.05, 0) is 24.4 Å². The average Bonchev–Trinajstić information content (AvgIpc) is 1.88. The Bertz CT molecular complexity index is 225. The van der Waals surface area contributed by atoms with Gasteiger partial charge in [0.2, 0.25) is 4.38 Å². The van der Waals surface area contributed by atoms with Crippen molar-refractivity contribution in [2.24, 2.45) is 0 Å². The van der Waals surface area contributed by atoms with E-state index in [0.29, 0.717) is 0 Å². The first-order valence-electron chi connectivity index (χ1n) is 2.75. The van der Waals surface area contributed by atoms with E-state index in [1.54, 1.807) is 0 Å². The van der Waals surface area contributed by atoms with Crippen LogP contribution < -0.4 is 4.74 Å². The fraction of sp³-hybridized carbons (Fsp3) is 0. The van der Waals surface area contributed by atoms with Gasteiger partial charge < -0.3 is 4.74 Å². The van der Waals surface area contributed by atoms with Crippen molar-refractivity contribution in [2.45, 2.75) is 0 Å². The van der Waals surface area contributed by atoms with Crippen molar-refractivity contribution in [2.75, 3.05) is 0 Å². The third-order valence-corrected chi connectivity index (χ3v) is 1.12. The minimum Gasteiger partial charge on any atom is -0.440 e. The maximum absolute atomic E-state index is 5.01. The van der Waals surface area contributed by atoms with Gasteiger partial charge in [-0.15, -0.1) is 0 Å². The van der Waals surface area contributed by atoms with Crippen molar-refractivity contribution in [1.82, 2.24) is 0 Å². The SMILES string of the molecule is S=C(S)Oc1ccccc1.[K]. The second-order valence-electron chi connectivity index (χ2n) is 1.68. The molecule has 1 rings (SSSR count). The molecule has 0 bridgehead atoms. The number of rotatable bonds is 1. The third kappa shape index (κ3) is 5.35. The van der Waals surface area contributed by atoms with E-state index >= 15 is 0 Å². The summed E-state index contributed by atoms with van der Waals surface area (Å²) >= 11 is 8.44. The van der Waals surface area contributed by atoms with Crippen LogP contribution in [0.1, 0.15) is 0 Å². The molecule has 1 aromatic carbocycles. The molecule has 1 radical (unpaired) electrons. The fourth-order valence-electron chi connectivity index (χ4n) is 0.589. The monoisotopic (exact) mass is 209 g/mol. The first-order valence-corrected chi connectivity index (χ1v) is 3.60. The Labute approximate surface area is 119 Å². The Kier molecular flexibility index (Phi) is 7.25. The van der Waals surface area contributed by atoms with E-state index in [1.165, 1.54) is 0 Å². The molecule has 0 unspecified atom stereocenters. The van der Waals surface area contributed by atoms with Crippen LogP contribution in [0.5, 0.6) is 5.75 Å². The van der Waals surface area contributed by atoms with Crippen LogP contribution in [0.4, 0.5) is 0 Å². The largest absolute Gasteiger partial charge is 0.440 e. The molecule has 0 aliphatic heterocycles. The molecule has 0 amide bonds. The van der Waals surface area contributed by atoms with Crippen LogP contribution in [0, 0.1) is 0 Å². The summed E-state index contributed by atoms with van der Waals surface area (Å²) in [5.41, 5.74) is 0. The van der Waals surface area contributed by atoms with Crippen LogP contribution >= 0.6 is 24.8 Å². The summed E-state index contributed by atoms with van der Waals surface area (Å²) in [4.78, 5) is 0. The van der Waals surface area contributed by atoms with Gasteiger partial charge in [0.15, 0.2) is 0 Å². The molecule has 11 heavy (non-hydrogen) atoms. The second-order valence-corrected chi connectivity index (χ2v) is 2.76. The number of thiol groups is 1. The molecule has 0 heterocycles. The minimum absolute atomic E-state index is 0. The summed E-state index contributed by atoms with van der Waals surface area (Å²) in [5, 5.41) is 0. The molecule has 0 aromatic heterocycles. The van der Waals surface area contributed by atoms with E-state index in [2.05, 4.69) is 24.8 Å². The maximum atomic E-state index is 5.01. The van der Waals surface area contributed by atoms with Crippen LogP contribution in [-0.2, 0) is 0 Å². The predicted octanol–water partition coefficient (Wildman–Crippen LogP) is 1.90. The summed E-state index contributed by atoms with van der Waals surface area (Å²) in [6.07, 6.45) is 0. The van der Waals surface area contributed by atoms with E-state index in [1.807, 2.05) is 30.3 Å². The quantitative estimate of drug-likeness (QED) is 0.430. The zero-order chi connectivity index (χ0) is 7.40. The number of hydrogen-bond acceptors (Lipinski definition) is 2. The van der Waals surface area contributed by atoms with Gasteiger partial charge in [-0.1, -0.05) is 30.8 Å². The minimum atomic E-state index is 0. The molecule has 0 saturated carbocycles. The van der Waals surface area contributed by atoms with Gasteiger partial charge in [0.05, 0.1) is 0 Å². The zero-order valence-corrected chi connectivity index (χ0v) is 11.0. The summed E-state index contributed by atoms with van der Waals surface area (Å²) < 4.78 is 5.25. The summed E-state index contributed by atoms with van der Waals surface area (Å²) in [5.74, 6) is 0.725. The van der Waals surface area contributed by atoms with Crippen molar-refractivity contribution in [3.05, 3.63) is 30.3 Å². The molecule has 1 aromatic rings. The molecule has 0 atom stereocenters. The summed E-state index contributed by atoms with van der Waals surface area (Å²) in [6, 6.07) is 9.31. The molecule has 0 aliphatic carbocycles. The average molecular weight is 209 g/mol. The number of para-hydroxylation sites is 1. The Morgan fingerprint density at radius 3 is 2.27 bits per heavy atom.